The van der Waals surface area contributed by atoms with Gasteiger partial charge in [-0.15, -0.1) is 0 Å². The molecular formula is C11H22BrN. The lowest BCUT2D eigenvalue weighted by Gasteiger charge is -2.31. The average Bonchev–Trinajstić information content (AvgIpc) is 2.07. The first-order chi connectivity index (χ1) is 6.26. The topological polar surface area (TPSA) is 3.24 Å². The largest absolute Gasteiger partial charge is 0.306 e. The van der Waals surface area contributed by atoms with Crippen LogP contribution < -0.4 is 0 Å². The highest BCUT2D eigenvalue weighted by molar-refractivity contribution is 9.09. The van der Waals surface area contributed by atoms with Gasteiger partial charge in [0.2, 0.25) is 0 Å². The summed E-state index contributed by atoms with van der Waals surface area (Å²) in [4.78, 5) is 2.51. The highest BCUT2D eigenvalue weighted by Gasteiger charge is 2.19. The number of hydrogen-bond acceptors (Lipinski definition) is 1. The lowest BCUT2D eigenvalue weighted by atomic mass is 9.85. The Balaban J connectivity index is 2.10. The maximum Gasteiger partial charge on any atom is 0.00717 e. The summed E-state index contributed by atoms with van der Waals surface area (Å²) < 4.78 is 0. The molecule has 0 aliphatic heterocycles. The molecule has 78 valence electrons. The van der Waals surface area contributed by atoms with Crippen LogP contribution >= 0.6 is 15.9 Å². The standard InChI is InChI=1S/C11H22BrN/c1-3-10(7-12)8-13(2)9-11-5-4-6-11/h10-11H,3-9H2,1-2H3. The van der Waals surface area contributed by atoms with E-state index in [0.29, 0.717) is 0 Å². The first kappa shape index (κ1) is 11.5. The Bertz CT molecular complexity index is 130. The van der Waals surface area contributed by atoms with Crippen LogP contribution in [0, 0.1) is 11.8 Å². The third kappa shape index (κ3) is 3.99. The molecule has 0 saturated heterocycles. The van der Waals surface area contributed by atoms with E-state index in [2.05, 4.69) is 34.8 Å². The molecule has 1 rings (SSSR count). The predicted octanol–water partition coefficient (Wildman–Crippen LogP) is 3.14. The molecule has 0 aromatic heterocycles. The minimum absolute atomic E-state index is 0.838. The molecule has 13 heavy (non-hydrogen) atoms. The predicted molar refractivity (Wildman–Crippen MR) is 62.4 cm³/mol. The van der Waals surface area contributed by atoms with Gasteiger partial charge >= 0.3 is 0 Å². The minimum Gasteiger partial charge on any atom is -0.306 e. The zero-order valence-electron chi connectivity index (χ0n) is 8.93. The highest BCUT2D eigenvalue weighted by Crippen LogP contribution is 2.27. The van der Waals surface area contributed by atoms with Gasteiger partial charge in [-0.1, -0.05) is 35.7 Å². The second-order valence-corrected chi connectivity index (χ2v) is 5.09. The van der Waals surface area contributed by atoms with Gasteiger partial charge in [0.15, 0.2) is 0 Å². The van der Waals surface area contributed by atoms with Crippen LogP contribution in [0.2, 0.25) is 0 Å². The third-order valence-corrected chi connectivity index (χ3v) is 4.08. The normalized spacial score (nSPS) is 20.3. The summed E-state index contributed by atoms with van der Waals surface area (Å²) >= 11 is 3.58. The summed E-state index contributed by atoms with van der Waals surface area (Å²) in [5, 5.41) is 1.15. The molecule has 0 aromatic carbocycles. The van der Waals surface area contributed by atoms with Crippen molar-refractivity contribution in [2.75, 3.05) is 25.5 Å². The molecule has 1 nitrogen and oxygen atoms in total. The summed E-state index contributed by atoms with van der Waals surface area (Å²) in [6.07, 6.45) is 5.69. The van der Waals surface area contributed by atoms with E-state index in [4.69, 9.17) is 0 Å². The fraction of sp³-hybridized carbons (Fsp3) is 1.00. The van der Waals surface area contributed by atoms with E-state index >= 15 is 0 Å². The van der Waals surface area contributed by atoms with Gasteiger partial charge < -0.3 is 4.90 Å². The minimum atomic E-state index is 0.838. The molecular weight excluding hydrogens is 226 g/mol. The van der Waals surface area contributed by atoms with Crippen molar-refractivity contribution >= 4 is 15.9 Å². The smallest absolute Gasteiger partial charge is 0.00717 e. The second-order valence-electron chi connectivity index (χ2n) is 4.45. The Kier molecular flexibility index (Phi) is 5.34. The zero-order valence-corrected chi connectivity index (χ0v) is 10.5. The van der Waals surface area contributed by atoms with Gasteiger partial charge in [0.05, 0.1) is 0 Å². The molecule has 1 unspecified atom stereocenters. The van der Waals surface area contributed by atoms with E-state index in [9.17, 15) is 0 Å². The average molecular weight is 248 g/mol. The Morgan fingerprint density at radius 2 is 2.15 bits per heavy atom. The molecule has 2 heteroatoms. The van der Waals surface area contributed by atoms with Crippen molar-refractivity contribution in [1.29, 1.82) is 0 Å². The Labute approximate surface area is 91.0 Å². The number of halogens is 1. The summed E-state index contributed by atoms with van der Waals surface area (Å²) in [6.45, 7) is 4.87. The van der Waals surface area contributed by atoms with Crippen molar-refractivity contribution in [3.63, 3.8) is 0 Å². The van der Waals surface area contributed by atoms with Crippen LogP contribution in [0.4, 0.5) is 0 Å². The van der Waals surface area contributed by atoms with E-state index in [1.165, 1.54) is 38.8 Å². The molecule has 1 aliphatic carbocycles. The van der Waals surface area contributed by atoms with E-state index < -0.39 is 0 Å². The van der Waals surface area contributed by atoms with Crippen molar-refractivity contribution in [3.05, 3.63) is 0 Å². The van der Waals surface area contributed by atoms with Crippen molar-refractivity contribution in [2.45, 2.75) is 32.6 Å². The summed E-state index contributed by atoms with van der Waals surface area (Å²) in [6, 6.07) is 0. The van der Waals surface area contributed by atoms with E-state index in [-0.39, 0.29) is 0 Å². The molecule has 0 bridgehead atoms. The lowest BCUT2D eigenvalue weighted by Crippen LogP contribution is -2.33. The van der Waals surface area contributed by atoms with Crippen LogP contribution in [-0.2, 0) is 0 Å². The molecule has 0 aromatic rings. The van der Waals surface area contributed by atoms with Gasteiger partial charge in [0.1, 0.15) is 0 Å². The van der Waals surface area contributed by atoms with Crippen LogP contribution in [0.1, 0.15) is 32.6 Å². The maximum absolute atomic E-state index is 3.58. The monoisotopic (exact) mass is 247 g/mol. The molecule has 0 amide bonds. The maximum atomic E-state index is 3.58. The fourth-order valence-electron chi connectivity index (χ4n) is 1.92. The van der Waals surface area contributed by atoms with Gasteiger partial charge in [-0.05, 0) is 31.7 Å². The SMILES string of the molecule is CCC(CBr)CN(C)CC1CCC1. The van der Waals surface area contributed by atoms with Gasteiger partial charge in [0, 0.05) is 18.4 Å². The van der Waals surface area contributed by atoms with Gasteiger partial charge in [-0.3, -0.25) is 0 Å². The quantitative estimate of drug-likeness (QED) is 0.653. The van der Waals surface area contributed by atoms with Crippen molar-refractivity contribution in [2.24, 2.45) is 11.8 Å². The molecule has 0 radical (unpaired) electrons. The van der Waals surface area contributed by atoms with E-state index in [1.807, 2.05) is 0 Å². The molecule has 0 spiro atoms. The first-order valence-electron chi connectivity index (χ1n) is 5.50. The van der Waals surface area contributed by atoms with Crippen molar-refractivity contribution < 1.29 is 0 Å². The second kappa shape index (κ2) is 6.02. The fourth-order valence-corrected chi connectivity index (χ4v) is 2.58. The molecule has 0 N–H and O–H groups in total. The number of alkyl halides is 1. The van der Waals surface area contributed by atoms with Crippen LogP contribution in [0.25, 0.3) is 0 Å². The van der Waals surface area contributed by atoms with Gasteiger partial charge in [-0.25, -0.2) is 0 Å². The van der Waals surface area contributed by atoms with Crippen LogP contribution in [0.3, 0.4) is 0 Å². The first-order valence-corrected chi connectivity index (χ1v) is 6.62. The number of nitrogens with zero attached hydrogens (tertiary/aromatic N) is 1. The summed E-state index contributed by atoms with van der Waals surface area (Å²) in [7, 11) is 2.27. The molecule has 1 aliphatic rings. The highest BCUT2D eigenvalue weighted by atomic mass is 79.9. The molecule has 1 fully saturated rings. The Morgan fingerprint density at radius 3 is 2.54 bits per heavy atom. The number of rotatable bonds is 6. The number of hydrogen-bond donors (Lipinski definition) is 0. The van der Waals surface area contributed by atoms with Crippen LogP contribution in [0.5, 0.6) is 0 Å². The van der Waals surface area contributed by atoms with Gasteiger partial charge in [-0.2, -0.15) is 0 Å². The summed E-state index contributed by atoms with van der Waals surface area (Å²) in [5.74, 6) is 1.85. The third-order valence-electron chi connectivity index (χ3n) is 3.16. The van der Waals surface area contributed by atoms with Crippen LogP contribution in [0.15, 0.2) is 0 Å². The molecule has 1 atom stereocenters. The molecule has 1 saturated carbocycles. The van der Waals surface area contributed by atoms with E-state index in [1.54, 1.807) is 0 Å². The zero-order chi connectivity index (χ0) is 9.68. The van der Waals surface area contributed by atoms with E-state index in [0.717, 1.165) is 17.2 Å². The summed E-state index contributed by atoms with van der Waals surface area (Å²) in [5.41, 5.74) is 0. The molecule has 0 heterocycles. The Hall–Kier alpha value is 0.440. The lowest BCUT2D eigenvalue weighted by molar-refractivity contribution is 0.188. The van der Waals surface area contributed by atoms with Crippen LogP contribution in [-0.4, -0.2) is 30.4 Å². The van der Waals surface area contributed by atoms with Crippen molar-refractivity contribution in [3.8, 4) is 0 Å². The van der Waals surface area contributed by atoms with Crippen molar-refractivity contribution in [1.82, 2.24) is 4.90 Å². The Morgan fingerprint density at radius 1 is 1.46 bits per heavy atom. The van der Waals surface area contributed by atoms with Gasteiger partial charge in [0.25, 0.3) is 0 Å².